The summed E-state index contributed by atoms with van der Waals surface area (Å²) in [6.07, 6.45) is 2.33. The average molecular weight is 406 g/mol. The first-order chi connectivity index (χ1) is 14.6. The van der Waals surface area contributed by atoms with E-state index in [1.807, 2.05) is 66.4 Å². The Kier molecular flexibility index (Phi) is 6.14. The molecule has 1 N–H and O–H groups in total. The van der Waals surface area contributed by atoms with Crippen molar-refractivity contribution in [1.29, 1.82) is 0 Å². The molecule has 1 aliphatic heterocycles. The fraction of sp³-hybridized carbons (Fsp3) is 0.333. The van der Waals surface area contributed by atoms with Crippen LogP contribution in [-0.2, 0) is 17.8 Å². The molecule has 0 aliphatic carbocycles. The SMILES string of the molecule is Cc1oc(-c2ccccc2)nc1CCOc1ccc(CN2CCCC2C(=O)O)cc1. The second kappa shape index (κ2) is 9.13. The zero-order valence-corrected chi connectivity index (χ0v) is 17.1. The zero-order valence-electron chi connectivity index (χ0n) is 17.1. The maximum absolute atomic E-state index is 11.3. The van der Waals surface area contributed by atoms with Crippen LogP contribution in [0.2, 0.25) is 0 Å². The molecule has 6 nitrogen and oxygen atoms in total. The highest BCUT2D eigenvalue weighted by Crippen LogP contribution is 2.23. The summed E-state index contributed by atoms with van der Waals surface area (Å²) in [4.78, 5) is 18.0. The summed E-state index contributed by atoms with van der Waals surface area (Å²) in [5.74, 6) is 1.51. The molecule has 1 fully saturated rings. The predicted octanol–water partition coefficient (Wildman–Crippen LogP) is 4.32. The minimum atomic E-state index is -0.731. The molecule has 0 bridgehead atoms. The summed E-state index contributed by atoms with van der Waals surface area (Å²) in [5.41, 5.74) is 2.96. The molecule has 0 amide bonds. The molecule has 6 heteroatoms. The molecule has 2 aromatic carbocycles. The number of oxazole rings is 1. The Hall–Kier alpha value is -3.12. The minimum absolute atomic E-state index is 0.368. The Morgan fingerprint density at radius 2 is 1.97 bits per heavy atom. The first kappa shape index (κ1) is 20.2. The van der Waals surface area contributed by atoms with Crippen molar-refractivity contribution in [3.05, 3.63) is 71.6 Å². The summed E-state index contributed by atoms with van der Waals surface area (Å²) in [5, 5.41) is 9.31. The predicted molar refractivity (Wildman–Crippen MR) is 113 cm³/mol. The normalized spacial score (nSPS) is 16.6. The van der Waals surface area contributed by atoms with Gasteiger partial charge in [0.05, 0.1) is 12.3 Å². The van der Waals surface area contributed by atoms with Crippen molar-refractivity contribution in [1.82, 2.24) is 9.88 Å². The number of aryl methyl sites for hydroxylation is 1. The summed E-state index contributed by atoms with van der Waals surface area (Å²) in [6, 6.07) is 17.4. The molecule has 1 aromatic heterocycles. The molecule has 0 spiro atoms. The Balaban J connectivity index is 1.30. The highest BCUT2D eigenvalue weighted by molar-refractivity contribution is 5.73. The van der Waals surface area contributed by atoms with Gasteiger partial charge in [0.25, 0.3) is 0 Å². The Bertz CT molecular complexity index is 982. The Labute approximate surface area is 176 Å². The largest absolute Gasteiger partial charge is 0.493 e. The number of hydrogen-bond donors (Lipinski definition) is 1. The summed E-state index contributed by atoms with van der Waals surface area (Å²) in [7, 11) is 0. The lowest BCUT2D eigenvalue weighted by molar-refractivity contribution is -0.142. The molecule has 1 atom stereocenters. The molecule has 1 saturated heterocycles. The maximum Gasteiger partial charge on any atom is 0.320 e. The third-order valence-corrected chi connectivity index (χ3v) is 5.48. The molecular weight excluding hydrogens is 380 g/mol. The van der Waals surface area contributed by atoms with Gasteiger partial charge in [-0.05, 0) is 56.1 Å². The number of carboxylic acids is 1. The van der Waals surface area contributed by atoms with Crippen molar-refractivity contribution in [2.45, 2.75) is 38.8 Å². The standard InChI is InChI=1S/C24H26N2O4/c1-17-21(25-23(30-17)19-6-3-2-4-7-19)13-15-29-20-11-9-18(10-12-20)16-26-14-5-8-22(26)24(27)28/h2-4,6-7,9-12,22H,5,8,13-16H2,1H3,(H,27,28). The zero-order chi connectivity index (χ0) is 20.9. The van der Waals surface area contributed by atoms with Gasteiger partial charge in [0.2, 0.25) is 5.89 Å². The van der Waals surface area contributed by atoms with Gasteiger partial charge in [-0.15, -0.1) is 0 Å². The quantitative estimate of drug-likeness (QED) is 0.600. The number of hydrogen-bond acceptors (Lipinski definition) is 5. The van der Waals surface area contributed by atoms with Crippen LogP contribution in [0.15, 0.2) is 59.0 Å². The van der Waals surface area contributed by atoms with E-state index in [9.17, 15) is 9.90 Å². The average Bonchev–Trinajstić information content (AvgIpc) is 3.37. The van der Waals surface area contributed by atoms with E-state index in [2.05, 4.69) is 4.98 Å². The topological polar surface area (TPSA) is 75.8 Å². The van der Waals surface area contributed by atoms with Gasteiger partial charge in [-0.25, -0.2) is 4.98 Å². The van der Waals surface area contributed by atoms with E-state index in [0.717, 1.165) is 47.7 Å². The van der Waals surface area contributed by atoms with Crippen molar-refractivity contribution in [3.8, 4) is 17.2 Å². The van der Waals surface area contributed by atoms with Crippen molar-refractivity contribution in [3.63, 3.8) is 0 Å². The molecule has 30 heavy (non-hydrogen) atoms. The number of benzene rings is 2. The summed E-state index contributed by atoms with van der Waals surface area (Å²) in [6.45, 7) is 3.91. The van der Waals surface area contributed by atoms with Crippen LogP contribution in [-0.4, -0.2) is 40.2 Å². The molecule has 0 radical (unpaired) electrons. The van der Waals surface area contributed by atoms with Crippen LogP contribution in [0.3, 0.4) is 0 Å². The molecule has 4 rings (SSSR count). The molecule has 0 saturated carbocycles. The Morgan fingerprint density at radius 3 is 2.70 bits per heavy atom. The molecule has 156 valence electrons. The Morgan fingerprint density at radius 1 is 1.20 bits per heavy atom. The second-order valence-corrected chi connectivity index (χ2v) is 7.60. The number of likely N-dealkylation sites (tertiary alicyclic amines) is 1. The molecule has 1 aliphatic rings. The summed E-state index contributed by atoms with van der Waals surface area (Å²) >= 11 is 0. The molecular formula is C24H26N2O4. The number of carboxylic acid groups (broad SMARTS) is 1. The van der Waals surface area contributed by atoms with E-state index in [-0.39, 0.29) is 6.04 Å². The number of aromatic nitrogens is 1. The van der Waals surface area contributed by atoms with E-state index >= 15 is 0 Å². The highest BCUT2D eigenvalue weighted by atomic mass is 16.5. The van der Waals surface area contributed by atoms with Gasteiger partial charge < -0.3 is 14.3 Å². The smallest absolute Gasteiger partial charge is 0.320 e. The lowest BCUT2D eigenvalue weighted by atomic mass is 10.2. The van der Waals surface area contributed by atoms with E-state index in [1.54, 1.807) is 0 Å². The van der Waals surface area contributed by atoms with Crippen LogP contribution < -0.4 is 4.74 Å². The van der Waals surface area contributed by atoms with E-state index in [0.29, 0.717) is 25.5 Å². The number of nitrogens with zero attached hydrogens (tertiary/aromatic N) is 2. The first-order valence-corrected chi connectivity index (χ1v) is 10.3. The number of ether oxygens (including phenoxy) is 1. The van der Waals surface area contributed by atoms with Crippen LogP contribution in [0.25, 0.3) is 11.5 Å². The van der Waals surface area contributed by atoms with Gasteiger partial charge in [0.1, 0.15) is 17.6 Å². The van der Waals surface area contributed by atoms with Crippen LogP contribution >= 0.6 is 0 Å². The fourth-order valence-corrected chi connectivity index (χ4v) is 3.85. The van der Waals surface area contributed by atoms with Crippen molar-refractivity contribution in [2.75, 3.05) is 13.2 Å². The van der Waals surface area contributed by atoms with Gasteiger partial charge in [-0.2, -0.15) is 0 Å². The lowest BCUT2D eigenvalue weighted by Crippen LogP contribution is -2.35. The number of carbonyl (C=O) groups is 1. The van der Waals surface area contributed by atoms with Crippen LogP contribution in [0.5, 0.6) is 5.75 Å². The first-order valence-electron chi connectivity index (χ1n) is 10.3. The van der Waals surface area contributed by atoms with E-state index in [4.69, 9.17) is 9.15 Å². The molecule has 3 aromatic rings. The molecule has 1 unspecified atom stereocenters. The van der Waals surface area contributed by atoms with Gasteiger partial charge in [0.15, 0.2) is 0 Å². The van der Waals surface area contributed by atoms with Crippen molar-refractivity contribution in [2.24, 2.45) is 0 Å². The van der Waals surface area contributed by atoms with Crippen LogP contribution in [0, 0.1) is 6.92 Å². The third-order valence-electron chi connectivity index (χ3n) is 5.48. The van der Waals surface area contributed by atoms with Gasteiger partial charge >= 0.3 is 5.97 Å². The minimum Gasteiger partial charge on any atom is -0.493 e. The fourth-order valence-electron chi connectivity index (χ4n) is 3.85. The summed E-state index contributed by atoms with van der Waals surface area (Å²) < 4.78 is 11.7. The maximum atomic E-state index is 11.3. The number of aliphatic carboxylic acids is 1. The highest BCUT2D eigenvalue weighted by Gasteiger charge is 2.30. The third kappa shape index (κ3) is 4.71. The van der Waals surface area contributed by atoms with E-state index < -0.39 is 5.97 Å². The van der Waals surface area contributed by atoms with Crippen LogP contribution in [0.1, 0.15) is 29.9 Å². The van der Waals surface area contributed by atoms with Crippen LogP contribution in [0.4, 0.5) is 0 Å². The van der Waals surface area contributed by atoms with Crippen molar-refractivity contribution >= 4 is 5.97 Å². The van der Waals surface area contributed by atoms with E-state index in [1.165, 1.54) is 0 Å². The monoisotopic (exact) mass is 406 g/mol. The van der Waals surface area contributed by atoms with Gasteiger partial charge in [-0.3, -0.25) is 9.69 Å². The lowest BCUT2D eigenvalue weighted by Gasteiger charge is -2.21. The molecule has 2 heterocycles. The second-order valence-electron chi connectivity index (χ2n) is 7.60. The van der Waals surface area contributed by atoms with Gasteiger partial charge in [-0.1, -0.05) is 30.3 Å². The number of rotatable bonds is 8. The van der Waals surface area contributed by atoms with Gasteiger partial charge in [0, 0.05) is 18.5 Å². The van der Waals surface area contributed by atoms with Crippen molar-refractivity contribution < 1.29 is 19.1 Å².